The Morgan fingerprint density at radius 2 is 1.66 bits per heavy atom. The van der Waals surface area contributed by atoms with E-state index < -0.39 is 29.9 Å². The Balaban J connectivity index is 1.31. The van der Waals surface area contributed by atoms with Crippen molar-refractivity contribution >= 4 is 47.3 Å². The Hall–Kier alpha value is -1.65. The maximum Gasteiger partial charge on any atom is 0.261 e. The molecule has 2 saturated carbocycles. The van der Waals surface area contributed by atoms with Crippen molar-refractivity contribution < 1.29 is 18.1 Å². The minimum Gasteiger partial charge on any atom is -0.493 e. The van der Waals surface area contributed by atoms with Crippen LogP contribution in [0.2, 0.25) is 28.2 Å². The zero-order chi connectivity index (χ0) is 32.2. The van der Waals surface area contributed by atoms with Crippen LogP contribution in [-0.2, 0) is 9.92 Å². The summed E-state index contributed by atoms with van der Waals surface area (Å²) >= 11 is 12.5. The first-order valence-corrected chi connectivity index (χ1v) is 21.1. The Morgan fingerprint density at radius 3 is 2.18 bits per heavy atom. The summed E-state index contributed by atoms with van der Waals surface area (Å²) in [7, 11) is -6.16. The first-order valence-electron chi connectivity index (χ1n) is 15.8. The molecule has 0 bridgehead atoms. The van der Waals surface area contributed by atoms with Crippen LogP contribution >= 0.6 is 23.2 Å². The summed E-state index contributed by atoms with van der Waals surface area (Å²) in [5.74, 6) is -0.239. The Morgan fingerprint density at radius 1 is 1.07 bits per heavy atom. The van der Waals surface area contributed by atoms with Crippen LogP contribution in [0.3, 0.4) is 0 Å². The molecule has 1 saturated heterocycles. The highest BCUT2D eigenvalue weighted by Crippen LogP contribution is 2.47. The summed E-state index contributed by atoms with van der Waals surface area (Å²) < 4.78 is 46.2. The summed E-state index contributed by atoms with van der Waals surface area (Å²) in [6.07, 6.45) is 5.16. The molecule has 11 heteroatoms. The number of nitrogens with zero attached hydrogens (tertiary/aromatic N) is 2. The molecule has 1 aliphatic heterocycles. The molecule has 0 aromatic heterocycles. The van der Waals surface area contributed by atoms with E-state index in [9.17, 15) is 9.00 Å². The van der Waals surface area contributed by atoms with Crippen LogP contribution in [0, 0.1) is 16.5 Å². The molecule has 242 valence electrons. The first-order chi connectivity index (χ1) is 20.5. The highest BCUT2D eigenvalue weighted by Gasteiger charge is 2.52. The van der Waals surface area contributed by atoms with E-state index in [1.807, 2.05) is 46.0 Å². The average molecular weight is 683 g/mol. The molecule has 2 aromatic carbocycles. The number of halogens is 3. The second-order valence-corrected chi connectivity index (χ2v) is 22.9. The number of ether oxygens (including phenoxy) is 1. The predicted octanol–water partition coefficient (Wildman–Crippen LogP) is 9.43. The minimum atomic E-state index is -3.39. The third kappa shape index (κ3) is 7.02. The number of rotatable bonds is 10. The van der Waals surface area contributed by atoms with Crippen LogP contribution < -0.4 is 4.74 Å². The van der Waals surface area contributed by atoms with Gasteiger partial charge in [-0.3, -0.25) is 13.7 Å². The van der Waals surface area contributed by atoms with E-state index in [-0.39, 0.29) is 27.8 Å². The summed E-state index contributed by atoms with van der Waals surface area (Å²) in [4.78, 5) is 16.6. The number of carbonyl (C=O) groups is 1. The molecular formula is C33H46Cl2FN3O3SSi. The van der Waals surface area contributed by atoms with Crippen LogP contribution in [0.5, 0.6) is 5.75 Å². The van der Waals surface area contributed by atoms with Gasteiger partial charge in [0.1, 0.15) is 21.5 Å². The maximum atomic E-state index is 15.8. The second-order valence-electron chi connectivity index (χ2n) is 14.5. The van der Waals surface area contributed by atoms with Gasteiger partial charge in [-0.05, 0) is 111 Å². The highest BCUT2D eigenvalue weighted by molar-refractivity contribution is 7.93. The monoisotopic (exact) mass is 681 g/mol. The van der Waals surface area contributed by atoms with Gasteiger partial charge in [-0.1, -0.05) is 57.1 Å². The standard InChI is InChI=1S/C33H46Cl2FN3O3SSi/c1-21(24-15-25(34)17-26(35)16-24)38-13-11-22(12-14-38)20-42-31-19-30(36)29(18-28(31)23-7-8-23)32(40)39(43(37,41)27-9-10-27)44(5,6)33(2,3)4/h15-19,21-23,27,37H,7-14,20H2,1-6H3. The van der Waals surface area contributed by atoms with Crippen LogP contribution in [0.15, 0.2) is 30.3 Å². The second kappa shape index (κ2) is 12.5. The predicted molar refractivity (Wildman–Crippen MR) is 180 cm³/mol. The van der Waals surface area contributed by atoms with Gasteiger partial charge in [-0.2, -0.15) is 0 Å². The average Bonchev–Trinajstić information content (AvgIpc) is 3.83. The van der Waals surface area contributed by atoms with E-state index in [0.717, 1.165) is 49.9 Å². The van der Waals surface area contributed by atoms with Gasteiger partial charge < -0.3 is 4.74 Å². The van der Waals surface area contributed by atoms with E-state index in [1.165, 1.54) is 10.0 Å². The fourth-order valence-corrected chi connectivity index (χ4v) is 13.2. The number of amides is 1. The number of likely N-dealkylation sites (tertiary alicyclic amines) is 1. The van der Waals surface area contributed by atoms with Crippen molar-refractivity contribution in [2.75, 3.05) is 19.7 Å². The Labute approximate surface area is 273 Å². The minimum absolute atomic E-state index is 0.0897. The van der Waals surface area contributed by atoms with E-state index in [1.54, 1.807) is 12.1 Å². The SMILES string of the molecule is CC(c1cc(Cl)cc(Cl)c1)N1CCC(COc2cc(F)c(C(=O)N([Si](C)(C)C(C)(C)C)S(=N)(=O)C3CC3)cc2C2CC2)CC1. The number of carbonyl (C=O) groups excluding carboxylic acids is 1. The molecule has 3 fully saturated rings. The Kier molecular flexibility index (Phi) is 9.58. The molecule has 3 aliphatic rings. The smallest absolute Gasteiger partial charge is 0.261 e. The number of hydrogen-bond acceptors (Lipinski definition) is 5. The molecule has 1 N–H and O–H groups in total. The maximum absolute atomic E-state index is 15.8. The lowest BCUT2D eigenvalue weighted by Crippen LogP contribution is -2.60. The third-order valence-electron chi connectivity index (χ3n) is 10.2. The lowest BCUT2D eigenvalue weighted by atomic mass is 9.95. The molecule has 5 rings (SSSR count). The van der Waals surface area contributed by atoms with Gasteiger partial charge in [-0.15, -0.1) is 0 Å². The summed E-state index contributed by atoms with van der Waals surface area (Å²) in [5, 5.41) is 0.581. The number of benzene rings is 2. The van der Waals surface area contributed by atoms with Crippen LogP contribution in [0.4, 0.5) is 4.39 Å². The Bertz CT molecular complexity index is 1490. The summed E-state index contributed by atoms with van der Waals surface area (Å²) in [6, 6.07) is 8.86. The number of piperidine rings is 1. The van der Waals surface area contributed by atoms with E-state index >= 15 is 4.39 Å². The van der Waals surface area contributed by atoms with Gasteiger partial charge >= 0.3 is 0 Å². The molecule has 6 nitrogen and oxygen atoms in total. The molecule has 2 aromatic rings. The van der Waals surface area contributed by atoms with Crippen LogP contribution in [-0.4, -0.2) is 52.2 Å². The number of nitrogens with one attached hydrogen (secondary N) is 1. The van der Waals surface area contributed by atoms with Gasteiger partial charge in [0.25, 0.3) is 5.91 Å². The molecule has 2 aliphatic carbocycles. The quantitative estimate of drug-likeness (QED) is 0.254. The first kappa shape index (κ1) is 33.7. The van der Waals surface area contributed by atoms with Crippen molar-refractivity contribution in [2.24, 2.45) is 5.92 Å². The molecule has 1 amide bonds. The fraction of sp³-hybridized carbons (Fsp3) is 0.606. The highest BCUT2D eigenvalue weighted by atomic mass is 35.5. The van der Waals surface area contributed by atoms with Crippen molar-refractivity contribution in [1.29, 1.82) is 4.78 Å². The van der Waals surface area contributed by atoms with E-state index in [4.69, 9.17) is 32.7 Å². The van der Waals surface area contributed by atoms with Gasteiger partial charge in [0.2, 0.25) is 0 Å². The summed E-state index contributed by atoms with van der Waals surface area (Å²) in [6.45, 7) is 14.5. The van der Waals surface area contributed by atoms with Crippen LogP contribution in [0.25, 0.3) is 0 Å². The molecule has 1 heterocycles. The fourth-order valence-electron chi connectivity index (χ4n) is 5.98. The van der Waals surface area contributed by atoms with Gasteiger partial charge in [0, 0.05) is 22.2 Å². The lowest BCUT2D eigenvalue weighted by Gasteiger charge is -2.46. The third-order valence-corrected chi connectivity index (χ3v) is 19.8. The normalized spacial score (nSPS) is 20.7. The van der Waals surface area contributed by atoms with E-state index in [0.29, 0.717) is 41.2 Å². The van der Waals surface area contributed by atoms with Crippen LogP contribution in [0.1, 0.15) is 99.7 Å². The number of hydrogen-bond donors (Lipinski definition) is 1. The zero-order valence-electron chi connectivity index (χ0n) is 26.7. The molecule has 0 spiro atoms. The summed E-state index contributed by atoms with van der Waals surface area (Å²) in [5.41, 5.74) is 1.85. The van der Waals surface area contributed by atoms with Gasteiger partial charge in [-0.25, -0.2) is 13.4 Å². The van der Waals surface area contributed by atoms with Gasteiger partial charge in [0.05, 0.1) is 17.4 Å². The molecule has 0 radical (unpaired) electrons. The van der Waals surface area contributed by atoms with E-state index in [2.05, 4.69) is 11.8 Å². The van der Waals surface area contributed by atoms with Crippen molar-refractivity contribution in [3.05, 3.63) is 62.9 Å². The van der Waals surface area contributed by atoms with Crippen molar-refractivity contribution in [3.8, 4) is 5.75 Å². The lowest BCUT2D eigenvalue weighted by molar-refractivity contribution is 0.0909. The zero-order valence-corrected chi connectivity index (χ0v) is 30.0. The molecule has 2 atom stereocenters. The topological polar surface area (TPSA) is 73.7 Å². The molecule has 44 heavy (non-hydrogen) atoms. The van der Waals surface area contributed by atoms with Crippen molar-refractivity contribution in [1.82, 2.24) is 8.87 Å². The molecular weight excluding hydrogens is 636 g/mol. The largest absolute Gasteiger partial charge is 0.493 e. The van der Waals surface area contributed by atoms with Crippen molar-refractivity contribution in [3.63, 3.8) is 0 Å². The van der Waals surface area contributed by atoms with Crippen molar-refractivity contribution in [2.45, 2.75) is 102 Å². The molecule has 2 unspecified atom stereocenters. The van der Waals surface area contributed by atoms with Gasteiger partial charge in [0.15, 0.2) is 8.24 Å².